The van der Waals surface area contributed by atoms with Gasteiger partial charge in [0.2, 0.25) is 0 Å². The molecule has 1 fully saturated rings. The first kappa shape index (κ1) is 18.0. The van der Waals surface area contributed by atoms with Crippen LogP contribution >= 0.6 is 7.14 Å². The van der Waals surface area contributed by atoms with E-state index in [-0.39, 0.29) is 5.69 Å². The van der Waals surface area contributed by atoms with Crippen molar-refractivity contribution in [3.63, 3.8) is 0 Å². The van der Waals surface area contributed by atoms with Gasteiger partial charge >= 0.3 is 0 Å². The maximum atomic E-state index is 13.2. The summed E-state index contributed by atoms with van der Waals surface area (Å²) in [6.07, 6.45) is 0.633. The van der Waals surface area contributed by atoms with Crippen molar-refractivity contribution in [1.82, 2.24) is 9.80 Å². The number of hydrogen-bond donors (Lipinski definition) is 0. The van der Waals surface area contributed by atoms with Crippen LogP contribution in [0.15, 0.2) is 18.2 Å². The highest BCUT2D eigenvalue weighted by Gasteiger charge is 2.21. The lowest BCUT2D eigenvalue weighted by molar-refractivity contribution is -0.385. The molecule has 1 aromatic carbocycles. The quantitative estimate of drug-likeness (QED) is 0.451. The molecule has 0 unspecified atom stereocenters. The van der Waals surface area contributed by atoms with Crippen LogP contribution in [0, 0.1) is 10.1 Å². The van der Waals surface area contributed by atoms with Gasteiger partial charge in [-0.15, -0.1) is 0 Å². The summed E-state index contributed by atoms with van der Waals surface area (Å²) in [6, 6.07) is 4.39. The van der Waals surface area contributed by atoms with Crippen LogP contribution in [0.2, 0.25) is 0 Å². The predicted molar refractivity (Wildman–Crippen MR) is 89.1 cm³/mol. The summed E-state index contributed by atoms with van der Waals surface area (Å²) in [5.41, 5.74) is 1.10. The minimum Gasteiger partial charge on any atom is -0.323 e. The molecule has 0 bridgehead atoms. The highest BCUT2D eigenvalue weighted by Crippen LogP contribution is 2.36. The van der Waals surface area contributed by atoms with Crippen molar-refractivity contribution in [3.8, 4) is 0 Å². The summed E-state index contributed by atoms with van der Waals surface area (Å²) >= 11 is 0. The van der Waals surface area contributed by atoms with Gasteiger partial charge in [-0.05, 0) is 24.5 Å². The predicted octanol–water partition coefficient (Wildman–Crippen LogP) is 2.76. The average Bonchev–Trinajstić information content (AvgIpc) is 2.48. The number of alkyl halides is 1. The lowest BCUT2D eigenvalue weighted by Crippen LogP contribution is -2.46. The molecule has 6 nitrogen and oxygen atoms in total. The third-order valence-corrected chi connectivity index (χ3v) is 5.03. The van der Waals surface area contributed by atoms with Gasteiger partial charge in [-0.25, -0.2) is 4.39 Å². The average molecular weight is 343 g/mol. The van der Waals surface area contributed by atoms with Gasteiger partial charge in [-0.2, -0.15) is 0 Å². The van der Waals surface area contributed by atoms with Crippen molar-refractivity contribution in [2.24, 2.45) is 0 Å². The van der Waals surface area contributed by atoms with Crippen molar-refractivity contribution in [2.75, 3.05) is 45.8 Å². The van der Waals surface area contributed by atoms with Gasteiger partial charge in [0, 0.05) is 44.9 Å². The Kier molecular flexibility index (Phi) is 5.89. The summed E-state index contributed by atoms with van der Waals surface area (Å²) in [5.74, 6) is 0. The highest BCUT2D eigenvalue weighted by atomic mass is 31.2. The smallest absolute Gasteiger partial charge is 0.269 e. The van der Waals surface area contributed by atoms with Crippen LogP contribution in [0.1, 0.15) is 11.1 Å². The largest absolute Gasteiger partial charge is 0.323 e. The topological polar surface area (TPSA) is 66.7 Å². The van der Waals surface area contributed by atoms with E-state index in [1.807, 2.05) is 0 Å². The van der Waals surface area contributed by atoms with E-state index >= 15 is 0 Å². The molecule has 0 N–H and O–H groups in total. The zero-order chi connectivity index (χ0) is 17.0. The summed E-state index contributed by atoms with van der Waals surface area (Å²) < 4.78 is 25.0. The van der Waals surface area contributed by atoms with E-state index in [0.717, 1.165) is 31.7 Å². The Morgan fingerprint density at radius 2 is 1.78 bits per heavy atom. The van der Waals surface area contributed by atoms with Gasteiger partial charge in [0.25, 0.3) is 5.69 Å². The Morgan fingerprint density at radius 1 is 1.17 bits per heavy atom. The molecular formula is C15H23FN3O3P. The van der Waals surface area contributed by atoms with Crippen LogP contribution < -0.4 is 0 Å². The fourth-order valence-corrected chi connectivity index (χ4v) is 4.06. The van der Waals surface area contributed by atoms with E-state index in [0.29, 0.717) is 18.4 Å². The number of hydrogen-bond acceptors (Lipinski definition) is 5. The Balaban J connectivity index is 1.96. The third-order valence-electron chi connectivity index (χ3n) is 3.94. The molecule has 0 aliphatic carbocycles. The van der Waals surface area contributed by atoms with Crippen LogP contribution in [0.3, 0.4) is 0 Å². The minimum absolute atomic E-state index is 0.0761. The summed E-state index contributed by atoms with van der Waals surface area (Å²) in [7, 11) is -2.05. The number of non-ortho nitro benzene ring substituents is 1. The molecule has 1 heterocycles. The first-order valence-corrected chi connectivity index (χ1v) is 10.4. The van der Waals surface area contributed by atoms with Gasteiger partial charge in [-0.1, -0.05) is 6.07 Å². The van der Waals surface area contributed by atoms with Crippen molar-refractivity contribution >= 4 is 12.8 Å². The number of benzene rings is 1. The lowest BCUT2D eigenvalue weighted by Gasteiger charge is -2.35. The summed E-state index contributed by atoms with van der Waals surface area (Å²) in [4.78, 5) is 14.7. The monoisotopic (exact) mass is 343 g/mol. The van der Waals surface area contributed by atoms with Gasteiger partial charge < -0.3 is 4.57 Å². The fraction of sp³-hybridized carbons (Fsp3) is 0.600. The van der Waals surface area contributed by atoms with Crippen molar-refractivity contribution < 1.29 is 13.9 Å². The molecule has 0 spiro atoms. The molecule has 0 amide bonds. The first-order valence-electron chi connectivity index (χ1n) is 7.59. The lowest BCUT2D eigenvalue weighted by atomic mass is 10.1. The minimum atomic E-state index is -2.05. The number of piperazine rings is 1. The molecule has 1 saturated heterocycles. The van der Waals surface area contributed by atoms with Crippen molar-refractivity contribution in [2.45, 2.75) is 13.2 Å². The number of nitrogens with zero attached hydrogens (tertiary/aromatic N) is 3. The van der Waals surface area contributed by atoms with E-state index in [2.05, 4.69) is 9.80 Å². The van der Waals surface area contributed by atoms with Crippen LogP contribution in [0.4, 0.5) is 10.1 Å². The van der Waals surface area contributed by atoms with Gasteiger partial charge in [0.1, 0.15) is 6.67 Å². The Morgan fingerprint density at radius 3 is 2.30 bits per heavy atom. The fourth-order valence-electron chi connectivity index (χ4n) is 2.82. The van der Waals surface area contributed by atoms with Crippen molar-refractivity contribution in [1.29, 1.82) is 0 Å². The molecule has 1 aliphatic rings. The summed E-state index contributed by atoms with van der Waals surface area (Å²) in [6.45, 7) is 6.79. The number of rotatable bonds is 6. The SMILES string of the molecule is CP(C)(=O)CN1CCN(Cc2ccc([N+](=O)[O-])cc2CF)CC1. The molecule has 2 rings (SSSR count). The van der Waals surface area contributed by atoms with Crippen LogP contribution in [-0.4, -0.2) is 60.5 Å². The molecule has 0 aromatic heterocycles. The maximum absolute atomic E-state index is 13.2. The van der Waals surface area contributed by atoms with Crippen molar-refractivity contribution in [3.05, 3.63) is 39.4 Å². The van der Waals surface area contributed by atoms with E-state index in [1.54, 1.807) is 19.4 Å². The molecule has 0 atom stereocenters. The molecule has 8 heteroatoms. The zero-order valence-corrected chi connectivity index (χ0v) is 14.5. The molecule has 0 saturated carbocycles. The highest BCUT2D eigenvalue weighted by molar-refractivity contribution is 7.62. The number of halogens is 1. The van der Waals surface area contributed by atoms with Gasteiger partial charge in [0.15, 0.2) is 0 Å². The number of nitro benzene ring substituents is 1. The standard InChI is InChI=1S/C15H23FN3O3P/c1-23(2,22)12-18-7-5-17(6-8-18)11-13-3-4-15(19(20)21)9-14(13)10-16/h3-4,9H,5-8,10-12H2,1-2H3. The van der Waals surface area contributed by atoms with Crippen LogP contribution in [0.5, 0.6) is 0 Å². The van der Waals surface area contributed by atoms with Gasteiger partial charge in [0.05, 0.1) is 18.4 Å². The molecule has 23 heavy (non-hydrogen) atoms. The Labute approximate surface area is 135 Å². The third kappa shape index (κ3) is 5.37. The van der Waals surface area contributed by atoms with E-state index < -0.39 is 18.7 Å². The molecule has 1 aliphatic heterocycles. The first-order chi connectivity index (χ1) is 10.8. The van der Waals surface area contributed by atoms with E-state index in [9.17, 15) is 19.1 Å². The zero-order valence-electron chi connectivity index (χ0n) is 13.6. The second-order valence-electron chi connectivity index (χ2n) is 6.45. The molecule has 1 aromatic rings. The second-order valence-corrected chi connectivity index (χ2v) is 9.88. The Hall–Kier alpha value is -1.30. The second kappa shape index (κ2) is 7.51. The van der Waals surface area contributed by atoms with Crippen LogP contribution in [-0.2, 0) is 17.8 Å². The molecule has 128 valence electrons. The summed E-state index contributed by atoms with van der Waals surface area (Å²) in [5, 5.41) is 10.8. The van der Waals surface area contributed by atoms with E-state index in [4.69, 9.17) is 0 Å². The molecular weight excluding hydrogens is 320 g/mol. The molecule has 0 radical (unpaired) electrons. The van der Waals surface area contributed by atoms with Crippen LogP contribution in [0.25, 0.3) is 0 Å². The number of nitro groups is 1. The Bertz CT molecular complexity index is 612. The normalized spacial score (nSPS) is 17.3. The van der Waals surface area contributed by atoms with Gasteiger partial charge in [-0.3, -0.25) is 19.9 Å². The van der Waals surface area contributed by atoms with E-state index in [1.165, 1.54) is 12.1 Å². The maximum Gasteiger partial charge on any atom is 0.269 e.